The first-order valence-electron chi connectivity index (χ1n) is 11.3. The third-order valence-corrected chi connectivity index (χ3v) is 6.61. The summed E-state index contributed by atoms with van der Waals surface area (Å²) in [6, 6.07) is 19.0. The number of anilines is 2. The normalized spacial score (nSPS) is 12.9. The Bertz CT molecular complexity index is 1380. The number of amides is 2. The van der Waals surface area contributed by atoms with Gasteiger partial charge in [-0.2, -0.15) is 0 Å². The average molecular weight is 485 g/mol. The van der Waals surface area contributed by atoms with Gasteiger partial charge in [0.05, 0.1) is 17.1 Å². The first-order chi connectivity index (χ1) is 17.0. The van der Waals surface area contributed by atoms with Crippen LogP contribution in [0.15, 0.2) is 72.2 Å². The number of thiazole rings is 1. The molecule has 0 aliphatic carbocycles. The number of hydrogen-bond donors (Lipinski definition) is 1. The summed E-state index contributed by atoms with van der Waals surface area (Å²) in [5, 5.41) is 5.73. The van der Waals surface area contributed by atoms with Crippen molar-refractivity contribution in [2.45, 2.75) is 19.8 Å². The van der Waals surface area contributed by atoms with Crippen molar-refractivity contribution < 1.29 is 14.3 Å². The van der Waals surface area contributed by atoms with Crippen LogP contribution in [0.4, 0.5) is 11.4 Å². The maximum atomic E-state index is 13.0. The lowest BCUT2D eigenvalue weighted by Crippen LogP contribution is -2.43. The maximum absolute atomic E-state index is 13.0. The smallest absolute Gasteiger partial charge is 0.265 e. The molecule has 8 heteroatoms. The molecule has 176 valence electrons. The molecule has 0 radical (unpaired) electrons. The molecule has 3 heterocycles. The van der Waals surface area contributed by atoms with E-state index in [1.54, 1.807) is 6.20 Å². The van der Waals surface area contributed by atoms with E-state index in [-0.39, 0.29) is 30.9 Å². The number of para-hydroxylation sites is 1. The van der Waals surface area contributed by atoms with E-state index in [0.29, 0.717) is 11.4 Å². The number of benzene rings is 2. The Balaban J connectivity index is 1.40. The summed E-state index contributed by atoms with van der Waals surface area (Å²) < 4.78 is 5.63. The number of aromatic nitrogens is 2. The molecule has 5 rings (SSSR count). The van der Waals surface area contributed by atoms with Crippen molar-refractivity contribution in [2.75, 3.05) is 23.4 Å². The Kier molecular flexibility index (Phi) is 6.29. The number of ether oxygens (including phenoxy) is 1. The minimum absolute atomic E-state index is 0.108. The second-order valence-electron chi connectivity index (χ2n) is 8.49. The van der Waals surface area contributed by atoms with Crippen LogP contribution in [0.2, 0.25) is 0 Å². The SMILES string of the molecule is CC(C)c1ccccc1NC(=O)CN1C(=O)COc2ccc(-c3csc(-c4ccccn4)n3)cc21. The van der Waals surface area contributed by atoms with Gasteiger partial charge in [0.1, 0.15) is 17.3 Å². The fourth-order valence-electron chi connectivity index (χ4n) is 4.00. The van der Waals surface area contributed by atoms with E-state index >= 15 is 0 Å². The van der Waals surface area contributed by atoms with Crippen LogP contribution in [0.3, 0.4) is 0 Å². The quantitative estimate of drug-likeness (QED) is 0.398. The summed E-state index contributed by atoms with van der Waals surface area (Å²) in [6.45, 7) is 3.93. The fraction of sp³-hybridized carbons (Fsp3) is 0.185. The van der Waals surface area contributed by atoms with Crippen LogP contribution < -0.4 is 15.0 Å². The Labute approximate surface area is 207 Å². The number of rotatable bonds is 6. The predicted octanol–water partition coefficient (Wildman–Crippen LogP) is 5.36. The van der Waals surface area contributed by atoms with Crippen LogP contribution in [-0.2, 0) is 9.59 Å². The molecule has 1 aliphatic rings. The van der Waals surface area contributed by atoms with E-state index in [0.717, 1.165) is 33.2 Å². The summed E-state index contributed by atoms with van der Waals surface area (Å²) in [5.41, 5.74) is 4.76. The molecule has 1 N–H and O–H groups in total. The molecular weight excluding hydrogens is 460 g/mol. The highest BCUT2D eigenvalue weighted by atomic mass is 32.1. The fourth-order valence-corrected chi connectivity index (χ4v) is 4.80. The standard InChI is InChI=1S/C27H24N4O3S/c1-17(2)19-7-3-4-8-20(19)29-25(32)14-31-23-13-18(10-11-24(23)34-15-26(31)33)22-16-35-27(30-22)21-9-5-6-12-28-21/h3-13,16-17H,14-15H2,1-2H3,(H,29,32). The van der Waals surface area contributed by atoms with Crippen LogP contribution in [0.1, 0.15) is 25.3 Å². The average Bonchev–Trinajstić information content (AvgIpc) is 3.37. The van der Waals surface area contributed by atoms with E-state index in [2.05, 4.69) is 24.1 Å². The molecule has 0 saturated carbocycles. The van der Waals surface area contributed by atoms with Crippen molar-refractivity contribution in [3.8, 4) is 27.7 Å². The van der Waals surface area contributed by atoms with Crippen LogP contribution in [-0.4, -0.2) is 34.9 Å². The van der Waals surface area contributed by atoms with E-state index in [9.17, 15) is 9.59 Å². The van der Waals surface area contributed by atoms with Gasteiger partial charge < -0.3 is 10.1 Å². The van der Waals surface area contributed by atoms with Gasteiger partial charge in [-0.3, -0.25) is 19.5 Å². The molecule has 7 nitrogen and oxygen atoms in total. The van der Waals surface area contributed by atoms with Gasteiger partial charge in [-0.15, -0.1) is 11.3 Å². The van der Waals surface area contributed by atoms with Gasteiger partial charge in [-0.05, 0) is 47.9 Å². The van der Waals surface area contributed by atoms with Crippen LogP contribution in [0, 0.1) is 0 Å². The first kappa shape index (κ1) is 22.7. The molecule has 2 aromatic carbocycles. The van der Waals surface area contributed by atoms with Gasteiger partial charge in [0.2, 0.25) is 5.91 Å². The van der Waals surface area contributed by atoms with Gasteiger partial charge >= 0.3 is 0 Å². The van der Waals surface area contributed by atoms with E-state index in [1.807, 2.05) is 66.0 Å². The molecular formula is C27H24N4O3S. The highest BCUT2D eigenvalue weighted by molar-refractivity contribution is 7.13. The minimum atomic E-state index is -0.269. The molecule has 2 aromatic heterocycles. The lowest BCUT2D eigenvalue weighted by molar-refractivity contribution is -0.123. The molecule has 0 atom stereocenters. The Morgan fingerprint density at radius 1 is 1.11 bits per heavy atom. The monoisotopic (exact) mass is 484 g/mol. The molecule has 0 spiro atoms. The Morgan fingerprint density at radius 2 is 1.94 bits per heavy atom. The predicted molar refractivity (Wildman–Crippen MR) is 138 cm³/mol. The zero-order chi connectivity index (χ0) is 24.4. The minimum Gasteiger partial charge on any atom is -0.482 e. The lowest BCUT2D eigenvalue weighted by Gasteiger charge is -2.29. The summed E-state index contributed by atoms with van der Waals surface area (Å²) in [6.07, 6.45) is 1.74. The molecule has 0 unspecified atom stereocenters. The van der Waals surface area contributed by atoms with E-state index in [4.69, 9.17) is 9.72 Å². The molecule has 2 amide bonds. The third kappa shape index (κ3) is 4.79. The summed E-state index contributed by atoms with van der Waals surface area (Å²) in [4.78, 5) is 36.3. The van der Waals surface area contributed by atoms with E-state index < -0.39 is 0 Å². The molecule has 4 aromatic rings. The summed E-state index contributed by atoms with van der Waals surface area (Å²) in [7, 11) is 0. The number of hydrogen-bond acceptors (Lipinski definition) is 6. The van der Waals surface area contributed by atoms with Gasteiger partial charge in [0, 0.05) is 22.8 Å². The molecule has 1 aliphatic heterocycles. The second kappa shape index (κ2) is 9.68. The Morgan fingerprint density at radius 3 is 2.74 bits per heavy atom. The number of carbonyl (C=O) groups is 2. The molecule has 35 heavy (non-hydrogen) atoms. The molecule has 0 fully saturated rings. The van der Waals surface area contributed by atoms with Gasteiger partial charge in [0.25, 0.3) is 5.91 Å². The maximum Gasteiger partial charge on any atom is 0.265 e. The van der Waals surface area contributed by atoms with Crippen LogP contribution in [0.25, 0.3) is 22.0 Å². The van der Waals surface area contributed by atoms with Crippen molar-refractivity contribution in [1.29, 1.82) is 0 Å². The van der Waals surface area contributed by atoms with Crippen molar-refractivity contribution in [3.05, 3.63) is 77.8 Å². The molecule has 0 saturated heterocycles. The topological polar surface area (TPSA) is 84.4 Å². The van der Waals surface area contributed by atoms with Crippen molar-refractivity contribution in [1.82, 2.24) is 9.97 Å². The first-order valence-corrected chi connectivity index (χ1v) is 12.2. The third-order valence-electron chi connectivity index (χ3n) is 5.74. The second-order valence-corrected chi connectivity index (χ2v) is 9.35. The largest absolute Gasteiger partial charge is 0.482 e. The number of nitrogens with one attached hydrogen (secondary N) is 1. The highest BCUT2D eigenvalue weighted by Crippen LogP contribution is 2.37. The number of fused-ring (bicyclic) bond motifs is 1. The number of pyridine rings is 1. The summed E-state index contributed by atoms with van der Waals surface area (Å²) in [5.74, 6) is 0.281. The zero-order valence-corrected chi connectivity index (χ0v) is 20.2. The van der Waals surface area contributed by atoms with Gasteiger partial charge in [-0.25, -0.2) is 4.98 Å². The lowest BCUT2D eigenvalue weighted by atomic mass is 10.0. The van der Waals surface area contributed by atoms with Crippen LogP contribution in [0.5, 0.6) is 5.75 Å². The van der Waals surface area contributed by atoms with Crippen molar-refractivity contribution in [3.63, 3.8) is 0 Å². The van der Waals surface area contributed by atoms with E-state index in [1.165, 1.54) is 16.2 Å². The number of nitrogens with zero attached hydrogens (tertiary/aromatic N) is 3. The summed E-state index contributed by atoms with van der Waals surface area (Å²) >= 11 is 1.50. The zero-order valence-electron chi connectivity index (χ0n) is 19.4. The van der Waals surface area contributed by atoms with Crippen molar-refractivity contribution >= 4 is 34.5 Å². The van der Waals surface area contributed by atoms with Gasteiger partial charge in [0.15, 0.2) is 6.61 Å². The molecule has 0 bridgehead atoms. The highest BCUT2D eigenvalue weighted by Gasteiger charge is 2.28. The van der Waals surface area contributed by atoms with Gasteiger partial charge in [-0.1, -0.05) is 38.1 Å². The van der Waals surface area contributed by atoms with Crippen molar-refractivity contribution in [2.24, 2.45) is 0 Å². The number of carbonyl (C=O) groups excluding carboxylic acids is 2. The van der Waals surface area contributed by atoms with Crippen LogP contribution >= 0.6 is 11.3 Å². The Hall–Kier alpha value is -4.04.